The van der Waals surface area contributed by atoms with Gasteiger partial charge < -0.3 is 29.0 Å². The van der Waals surface area contributed by atoms with Crippen molar-refractivity contribution in [2.45, 2.75) is 6.54 Å². The van der Waals surface area contributed by atoms with Crippen LogP contribution in [0.3, 0.4) is 0 Å². The van der Waals surface area contributed by atoms with Gasteiger partial charge in [0, 0.05) is 52.5 Å². The van der Waals surface area contributed by atoms with Gasteiger partial charge in [0.15, 0.2) is 11.6 Å². The Balaban J connectivity index is 1.66. The molecule has 34 heavy (non-hydrogen) atoms. The van der Waals surface area contributed by atoms with Crippen molar-refractivity contribution >= 4 is 36.6 Å². The van der Waals surface area contributed by atoms with Crippen LogP contribution in [0.1, 0.15) is 5.69 Å². The SMILES string of the molecule is COP(=O)(CC(=O)N1CCN(c2c(F)cc(-n3cc(CNC(=S)ON)nn3)cc2F)CC1)OC. The molecule has 0 saturated carbocycles. The van der Waals surface area contributed by atoms with Crippen LogP contribution < -0.4 is 16.1 Å². The number of halogens is 2. The Bertz CT molecular complexity index is 1070. The number of anilines is 1. The molecule has 2 heterocycles. The number of carbonyl (C=O) groups excluding carboxylic acids is 1. The van der Waals surface area contributed by atoms with Gasteiger partial charge in [0.05, 0.1) is 18.4 Å². The molecule has 0 bridgehead atoms. The van der Waals surface area contributed by atoms with Crippen LogP contribution in [0.5, 0.6) is 0 Å². The van der Waals surface area contributed by atoms with Crippen molar-refractivity contribution in [2.24, 2.45) is 5.90 Å². The van der Waals surface area contributed by atoms with Crippen molar-refractivity contribution in [1.29, 1.82) is 0 Å². The lowest BCUT2D eigenvalue weighted by atomic mass is 10.2. The minimum absolute atomic E-state index is 0.0378. The van der Waals surface area contributed by atoms with Crippen molar-refractivity contribution in [3.8, 4) is 5.69 Å². The summed E-state index contributed by atoms with van der Waals surface area (Å²) in [4.78, 5) is 19.7. The Morgan fingerprint density at radius 1 is 1.21 bits per heavy atom. The smallest absolute Gasteiger partial charge is 0.339 e. The maximum atomic E-state index is 14.9. The first kappa shape index (κ1) is 25.9. The Hall–Kier alpha value is -2.71. The normalized spacial score (nSPS) is 14.3. The van der Waals surface area contributed by atoms with Crippen molar-refractivity contribution in [3.63, 3.8) is 0 Å². The zero-order valence-corrected chi connectivity index (χ0v) is 20.2. The number of piperazine rings is 1. The molecule has 1 saturated heterocycles. The topological polar surface area (TPSA) is 137 Å². The maximum Gasteiger partial charge on any atom is 0.339 e. The van der Waals surface area contributed by atoms with E-state index in [0.29, 0.717) is 5.69 Å². The number of thiocarbonyl (C=S) groups is 1. The highest BCUT2D eigenvalue weighted by atomic mass is 32.1. The summed E-state index contributed by atoms with van der Waals surface area (Å²) in [6.45, 7) is 0.921. The third-order valence-corrected chi connectivity index (χ3v) is 7.17. The number of nitrogens with two attached hydrogens (primary N) is 1. The second-order valence-corrected chi connectivity index (χ2v) is 9.81. The van der Waals surface area contributed by atoms with E-state index in [0.717, 1.165) is 12.1 Å². The van der Waals surface area contributed by atoms with Crippen molar-refractivity contribution in [3.05, 3.63) is 35.7 Å². The fourth-order valence-corrected chi connectivity index (χ4v) is 4.36. The van der Waals surface area contributed by atoms with Gasteiger partial charge >= 0.3 is 7.60 Å². The molecule has 3 rings (SSSR count). The third kappa shape index (κ3) is 6.04. The lowest BCUT2D eigenvalue weighted by molar-refractivity contribution is -0.129. The molecule has 1 aliphatic heterocycles. The van der Waals surface area contributed by atoms with Crippen LogP contribution in [-0.4, -0.2) is 77.5 Å². The third-order valence-electron chi connectivity index (χ3n) is 5.16. The summed E-state index contributed by atoms with van der Waals surface area (Å²) in [5.41, 5.74) is 0.373. The van der Waals surface area contributed by atoms with E-state index in [1.807, 2.05) is 0 Å². The average molecular weight is 519 g/mol. The van der Waals surface area contributed by atoms with Gasteiger partial charge in [0.25, 0.3) is 5.17 Å². The molecule has 0 atom stereocenters. The Morgan fingerprint density at radius 2 is 1.82 bits per heavy atom. The number of nitrogens with zero attached hydrogens (tertiary/aromatic N) is 5. The van der Waals surface area contributed by atoms with Crippen molar-refractivity contribution < 1.29 is 32.0 Å². The molecule has 0 radical (unpaired) electrons. The molecule has 3 N–H and O–H groups in total. The summed E-state index contributed by atoms with van der Waals surface area (Å²) >= 11 is 4.76. The molecule has 186 valence electrons. The van der Waals surface area contributed by atoms with Gasteiger partial charge in [0.1, 0.15) is 17.5 Å². The van der Waals surface area contributed by atoms with E-state index in [4.69, 9.17) is 27.2 Å². The molecular formula is C18H24F2N7O5PS. The highest BCUT2D eigenvalue weighted by Gasteiger charge is 2.31. The first-order valence-corrected chi connectivity index (χ1v) is 12.1. The van der Waals surface area contributed by atoms with E-state index < -0.39 is 31.3 Å². The molecule has 16 heteroatoms. The molecule has 1 aromatic carbocycles. The standard InChI is InChI=1S/C18H24F2N7O5PS/c1-30-33(29,31-2)11-16(28)25-3-5-26(6-4-25)17-14(19)7-13(8-15(17)20)27-10-12(23-24-27)9-22-18(34)32-21/h7-8,10H,3-6,9,11,21H2,1-2H3,(H,22,34). The summed E-state index contributed by atoms with van der Waals surface area (Å²) in [6.07, 6.45) is 1.07. The van der Waals surface area contributed by atoms with Gasteiger partial charge in [-0.25, -0.2) is 13.5 Å². The van der Waals surface area contributed by atoms with Gasteiger partial charge in [-0.1, -0.05) is 5.21 Å². The number of hydrogen-bond acceptors (Lipinski definition) is 10. The number of rotatable bonds is 8. The van der Waals surface area contributed by atoms with Gasteiger partial charge in [-0.2, -0.15) is 5.90 Å². The largest absolute Gasteiger partial charge is 0.381 e. The minimum atomic E-state index is -3.50. The van der Waals surface area contributed by atoms with Gasteiger partial charge in [-0.15, -0.1) is 5.10 Å². The molecule has 0 aliphatic carbocycles. The van der Waals surface area contributed by atoms with Crippen LogP contribution in [0.2, 0.25) is 0 Å². The highest BCUT2D eigenvalue weighted by molar-refractivity contribution is 7.80. The predicted octanol–water partition coefficient (Wildman–Crippen LogP) is 0.945. The fourth-order valence-electron chi connectivity index (χ4n) is 3.35. The zero-order chi connectivity index (χ0) is 24.9. The Labute approximate surface area is 199 Å². The summed E-state index contributed by atoms with van der Waals surface area (Å²) in [6, 6.07) is 2.28. The van der Waals surface area contributed by atoms with Crippen LogP contribution in [0, 0.1) is 11.6 Å². The first-order valence-electron chi connectivity index (χ1n) is 9.98. The van der Waals surface area contributed by atoms with Crippen LogP contribution in [0.15, 0.2) is 18.3 Å². The van der Waals surface area contributed by atoms with Crippen LogP contribution in [-0.2, 0) is 29.8 Å². The molecule has 12 nitrogen and oxygen atoms in total. The molecule has 1 aromatic heterocycles. The second kappa shape index (κ2) is 11.1. The van der Waals surface area contributed by atoms with E-state index >= 15 is 0 Å². The average Bonchev–Trinajstić information content (AvgIpc) is 3.31. The number of nitrogens with one attached hydrogen (secondary N) is 1. The van der Waals surface area contributed by atoms with Gasteiger partial charge in [-0.05, 0) is 12.2 Å². The Morgan fingerprint density at radius 3 is 2.38 bits per heavy atom. The molecule has 1 aliphatic rings. The molecule has 2 aromatic rings. The first-order chi connectivity index (χ1) is 16.2. The second-order valence-electron chi connectivity index (χ2n) is 7.17. The predicted molar refractivity (Wildman–Crippen MR) is 121 cm³/mol. The van der Waals surface area contributed by atoms with E-state index in [1.165, 1.54) is 34.9 Å². The van der Waals surface area contributed by atoms with E-state index in [9.17, 15) is 18.1 Å². The Kier molecular flexibility index (Phi) is 8.49. The summed E-state index contributed by atoms with van der Waals surface area (Å²) in [7, 11) is -1.09. The molecular weight excluding hydrogens is 495 g/mol. The van der Waals surface area contributed by atoms with E-state index in [-0.39, 0.29) is 49.3 Å². The minimum Gasteiger partial charge on any atom is -0.381 e. The molecule has 1 fully saturated rings. The maximum absolute atomic E-state index is 14.9. The quantitative estimate of drug-likeness (QED) is 0.293. The zero-order valence-electron chi connectivity index (χ0n) is 18.4. The number of benzene rings is 1. The van der Waals surface area contributed by atoms with Crippen LogP contribution in [0.4, 0.5) is 14.5 Å². The summed E-state index contributed by atoms with van der Waals surface area (Å²) in [5, 5.41) is 10.4. The lowest BCUT2D eigenvalue weighted by Crippen LogP contribution is -2.50. The molecule has 1 amide bonds. The summed E-state index contributed by atoms with van der Waals surface area (Å²) in [5.74, 6) is 2.94. The lowest BCUT2D eigenvalue weighted by Gasteiger charge is -2.36. The van der Waals surface area contributed by atoms with Crippen LogP contribution >= 0.6 is 19.8 Å². The number of amides is 1. The van der Waals surface area contributed by atoms with Crippen molar-refractivity contribution in [1.82, 2.24) is 25.2 Å². The monoisotopic (exact) mass is 519 g/mol. The number of hydrogen-bond donors (Lipinski definition) is 2. The van der Waals surface area contributed by atoms with Crippen molar-refractivity contribution in [2.75, 3.05) is 51.5 Å². The highest BCUT2D eigenvalue weighted by Crippen LogP contribution is 2.46. The van der Waals surface area contributed by atoms with E-state index in [2.05, 4.69) is 20.5 Å². The number of carbonyl (C=O) groups is 1. The molecule has 0 spiro atoms. The van der Waals surface area contributed by atoms with Crippen LogP contribution in [0.25, 0.3) is 5.69 Å². The molecule has 0 unspecified atom stereocenters. The summed E-state index contributed by atoms with van der Waals surface area (Å²) < 4.78 is 52.8. The van der Waals surface area contributed by atoms with E-state index in [1.54, 1.807) is 0 Å². The van der Waals surface area contributed by atoms with Gasteiger partial charge in [0.2, 0.25) is 5.91 Å². The number of aromatic nitrogens is 3. The van der Waals surface area contributed by atoms with Gasteiger partial charge in [-0.3, -0.25) is 9.36 Å². The fraction of sp³-hybridized carbons (Fsp3) is 0.444.